The second kappa shape index (κ2) is 24.1. The number of ether oxygens (including phenoxy) is 2. The second-order valence-corrected chi connectivity index (χ2v) is 30.2. The molecule has 4 atom stereocenters. The van der Waals surface area contributed by atoms with E-state index >= 15 is 0 Å². The largest absolute Gasteiger partial charge is 0.456 e. The van der Waals surface area contributed by atoms with Crippen molar-refractivity contribution in [2.45, 2.75) is 0 Å². The van der Waals surface area contributed by atoms with E-state index < -0.39 is 31.7 Å². The van der Waals surface area contributed by atoms with E-state index in [1.807, 2.05) is 0 Å². The van der Waals surface area contributed by atoms with Gasteiger partial charge in [0.2, 0.25) is 0 Å². The van der Waals surface area contributed by atoms with Gasteiger partial charge >= 0.3 is 0 Å². The topological polar surface area (TPSA) is 18.5 Å². The lowest BCUT2D eigenvalue weighted by Crippen LogP contribution is -2.08. The van der Waals surface area contributed by atoms with Crippen molar-refractivity contribution in [2.75, 3.05) is 0 Å². The normalized spacial score (nSPS) is 17.3. The molecule has 0 aliphatic carbocycles. The summed E-state index contributed by atoms with van der Waals surface area (Å²) < 4.78 is 13.1. The molecule has 16 rings (SSSR count). The number of hydrogen-bond donors (Lipinski definition) is 0. The summed E-state index contributed by atoms with van der Waals surface area (Å²) in [5, 5.41) is 14.3. The maximum Gasteiger partial charge on any atom is 0.135 e. The maximum atomic E-state index is 6.54. The van der Waals surface area contributed by atoms with E-state index in [1.54, 1.807) is 0 Å². The number of rotatable bonds is 8. The van der Waals surface area contributed by atoms with Crippen molar-refractivity contribution >= 4 is 85.3 Å². The average molecular weight is 1170 g/mol. The van der Waals surface area contributed by atoms with Crippen LogP contribution in [0.15, 0.2) is 350 Å². The molecule has 0 aromatic heterocycles. The van der Waals surface area contributed by atoms with E-state index in [1.165, 1.54) is 108 Å². The Morgan fingerprint density at radius 2 is 0.349 bits per heavy atom. The average Bonchev–Trinajstić information content (AvgIpc) is 1.82. The Balaban J connectivity index is 0.000000145. The van der Waals surface area contributed by atoms with E-state index in [0.29, 0.717) is 0 Å². The van der Waals surface area contributed by atoms with E-state index in [4.69, 9.17) is 9.47 Å². The van der Waals surface area contributed by atoms with E-state index in [2.05, 4.69) is 340 Å². The van der Waals surface area contributed by atoms with Crippen LogP contribution in [0.25, 0.3) is 32.4 Å². The van der Waals surface area contributed by atoms with Crippen LogP contribution < -0.4 is 30.7 Å². The van der Waals surface area contributed by atoms with Crippen LogP contribution in [0.4, 0.5) is 0 Å². The number of benzene rings is 12. The smallest absolute Gasteiger partial charge is 0.135 e. The van der Waals surface area contributed by atoms with Gasteiger partial charge in [-0.15, -0.1) is 0 Å². The molecule has 4 unspecified atom stereocenters. The third-order valence-corrected chi connectivity index (χ3v) is 28.3. The lowest BCUT2D eigenvalue weighted by atomic mass is 9.95. The van der Waals surface area contributed by atoms with Crippen LogP contribution in [0.3, 0.4) is 0 Å². The first-order valence-electron chi connectivity index (χ1n) is 29.1. The van der Waals surface area contributed by atoms with Crippen LogP contribution in [0.2, 0.25) is 0 Å². The molecule has 4 aliphatic heterocycles. The molecule has 0 saturated carbocycles. The molecule has 2 nitrogen and oxygen atoms in total. The SMILES string of the molecule is c1ccc(C2=C(c3ccccc3)P(c3ccccc3)C(=C3c4ccccc4Oc4ccccc43)P2c2ccccc2)cc1.c1ccc(C2=C(c3ccccc3)P(c3ccccc3)C(=C3c4ccccc4Oc4ccccc43)P2c2ccccc2)cc1. The van der Waals surface area contributed by atoms with Gasteiger partial charge in [-0.05, 0) is 99.4 Å². The van der Waals surface area contributed by atoms with Gasteiger partial charge in [-0.25, -0.2) is 0 Å². The lowest BCUT2D eigenvalue weighted by molar-refractivity contribution is 0.474. The highest BCUT2D eigenvalue weighted by Gasteiger charge is 2.46. The molecule has 0 spiro atoms. The molecule has 4 heterocycles. The fourth-order valence-corrected chi connectivity index (χ4v) is 27.3. The fourth-order valence-electron chi connectivity index (χ4n) is 12.3. The summed E-state index contributed by atoms with van der Waals surface area (Å²) in [6.45, 7) is 0. The second-order valence-electron chi connectivity index (χ2n) is 21.1. The van der Waals surface area contributed by atoms with Gasteiger partial charge in [-0.3, -0.25) is 0 Å². The summed E-state index contributed by atoms with van der Waals surface area (Å²) in [5.41, 5.74) is 12.5. The van der Waals surface area contributed by atoms with E-state index in [0.717, 1.165) is 23.0 Å². The van der Waals surface area contributed by atoms with Crippen molar-refractivity contribution in [2.24, 2.45) is 0 Å². The molecule has 4 aliphatic rings. The van der Waals surface area contributed by atoms with Crippen molar-refractivity contribution in [1.29, 1.82) is 0 Å². The van der Waals surface area contributed by atoms with E-state index in [-0.39, 0.29) is 0 Å². The standard InChI is InChI=1S/2C40H28OP2/c2*1-5-17-29(18-6-1)38-39(30-19-7-2-8-20-30)43(32-23-11-4-12-24-32)40(42(38)31-21-9-3-10-22-31)37-33-25-13-15-27-35(33)41-36-28-16-14-26-34(36)37/h2*1-28H. The highest BCUT2D eigenvalue weighted by atomic mass is 31.2. The summed E-state index contributed by atoms with van der Waals surface area (Å²) in [6, 6.07) is 123. The number of hydrogen-bond acceptors (Lipinski definition) is 2. The molecular formula is C80H56O2P4. The van der Waals surface area contributed by atoms with Crippen LogP contribution in [-0.2, 0) is 0 Å². The van der Waals surface area contributed by atoms with Gasteiger partial charge in [0.15, 0.2) is 0 Å². The highest BCUT2D eigenvalue weighted by Crippen LogP contribution is 2.84. The Hall–Kier alpha value is -9.08. The Morgan fingerprint density at radius 1 is 0.174 bits per heavy atom. The molecule has 0 fully saturated rings. The van der Waals surface area contributed by atoms with Crippen molar-refractivity contribution in [1.82, 2.24) is 0 Å². The quantitative estimate of drug-likeness (QED) is 0.141. The minimum absolute atomic E-state index is 0.908. The molecule has 12 aromatic carbocycles. The molecule has 6 heteroatoms. The van der Waals surface area contributed by atoms with Crippen molar-refractivity contribution in [3.63, 3.8) is 0 Å². The first-order chi connectivity index (χ1) is 42.8. The van der Waals surface area contributed by atoms with Crippen LogP contribution in [0, 0.1) is 0 Å². The predicted molar refractivity (Wildman–Crippen MR) is 369 cm³/mol. The van der Waals surface area contributed by atoms with Gasteiger partial charge in [0.05, 0.1) is 0 Å². The van der Waals surface area contributed by atoms with Gasteiger partial charge in [0.1, 0.15) is 23.0 Å². The number of fused-ring (bicyclic) bond motifs is 4. The minimum atomic E-state index is -0.908. The molecule has 86 heavy (non-hydrogen) atoms. The third kappa shape index (κ3) is 9.94. The lowest BCUT2D eigenvalue weighted by Gasteiger charge is -2.30. The van der Waals surface area contributed by atoms with E-state index in [9.17, 15) is 0 Å². The van der Waals surface area contributed by atoms with Gasteiger partial charge in [-0.2, -0.15) is 0 Å². The third-order valence-electron chi connectivity index (χ3n) is 15.9. The summed E-state index contributed by atoms with van der Waals surface area (Å²) >= 11 is 0. The van der Waals surface area contributed by atoms with Crippen LogP contribution in [0.1, 0.15) is 44.5 Å². The van der Waals surface area contributed by atoms with Crippen LogP contribution in [0.5, 0.6) is 23.0 Å². The zero-order valence-electron chi connectivity index (χ0n) is 46.9. The van der Waals surface area contributed by atoms with Gasteiger partial charge < -0.3 is 9.47 Å². The molecular weight excluding hydrogens is 1120 g/mol. The van der Waals surface area contributed by atoms with Crippen molar-refractivity contribution in [3.8, 4) is 23.0 Å². The molecule has 0 radical (unpaired) electrons. The molecule has 12 aromatic rings. The monoisotopic (exact) mass is 1170 g/mol. The molecule has 0 saturated heterocycles. The zero-order chi connectivity index (χ0) is 57.2. The van der Waals surface area contributed by atoms with Gasteiger partial charge in [0.25, 0.3) is 0 Å². The van der Waals surface area contributed by atoms with Gasteiger partial charge in [0, 0.05) is 64.8 Å². The zero-order valence-corrected chi connectivity index (χ0v) is 50.5. The first-order valence-corrected chi connectivity index (χ1v) is 34.5. The summed E-state index contributed by atoms with van der Waals surface area (Å²) in [7, 11) is -3.63. The molecule has 0 amide bonds. The summed E-state index contributed by atoms with van der Waals surface area (Å²) in [6.07, 6.45) is 0. The Bertz CT molecular complexity index is 3970. The van der Waals surface area contributed by atoms with Crippen molar-refractivity contribution < 1.29 is 9.47 Å². The maximum absolute atomic E-state index is 6.54. The molecule has 0 N–H and O–H groups in total. The highest BCUT2D eigenvalue weighted by molar-refractivity contribution is 8.03. The predicted octanol–water partition coefficient (Wildman–Crippen LogP) is 21.3. The Labute approximate surface area is 508 Å². The number of para-hydroxylation sites is 4. The van der Waals surface area contributed by atoms with Crippen LogP contribution in [-0.4, -0.2) is 0 Å². The Morgan fingerprint density at radius 3 is 0.558 bits per heavy atom. The molecule has 0 bridgehead atoms. The van der Waals surface area contributed by atoms with Crippen molar-refractivity contribution in [3.05, 3.63) is 394 Å². The minimum Gasteiger partial charge on any atom is -0.456 e. The fraction of sp³-hybridized carbons (Fsp3) is 0. The van der Waals surface area contributed by atoms with Crippen LogP contribution >= 0.6 is 31.7 Å². The van der Waals surface area contributed by atoms with Gasteiger partial charge in [-0.1, -0.05) is 315 Å². The summed E-state index contributed by atoms with van der Waals surface area (Å²) in [5.74, 6) is 3.68. The molecule has 408 valence electrons. The summed E-state index contributed by atoms with van der Waals surface area (Å²) in [4.78, 5) is 0. The Kier molecular flexibility index (Phi) is 15.0. The first kappa shape index (κ1) is 53.6.